The quantitative estimate of drug-likeness (QED) is 0.661. The van der Waals surface area contributed by atoms with E-state index in [1.54, 1.807) is 29.8 Å². The number of hydrogen-bond donors (Lipinski definition) is 2. The molecular formula is C18H19ClN4O2S2. The Morgan fingerprint density at radius 2 is 2.07 bits per heavy atom. The zero-order valence-electron chi connectivity index (χ0n) is 14.5. The van der Waals surface area contributed by atoms with E-state index in [4.69, 9.17) is 11.6 Å². The first kappa shape index (κ1) is 18.6. The van der Waals surface area contributed by atoms with E-state index in [-0.39, 0.29) is 11.4 Å². The highest BCUT2D eigenvalue weighted by Crippen LogP contribution is 2.35. The van der Waals surface area contributed by atoms with Gasteiger partial charge in [-0.15, -0.1) is 11.3 Å². The van der Waals surface area contributed by atoms with Crippen LogP contribution in [0.1, 0.15) is 5.56 Å². The summed E-state index contributed by atoms with van der Waals surface area (Å²) in [4.78, 5) is 6.93. The second-order valence-corrected chi connectivity index (χ2v) is 9.38. The second kappa shape index (κ2) is 7.73. The van der Waals surface area contributed by atoms with E-state index >= 15 is 0 Å². The predicted octanol–water partition coefficient (Wildman–Crippen LogP) is 2.84. The number of fused-ring (bicyclic) bond motifs is 1. The molecule has 1 aliphatic rings. The fraction of sp³-hybridized carbons (Fsp3) is 0.278. The number of pyridine rings is 1. The molecule has 0 unspecified atom stereocenters. The zero-order valence-corrected chi connectivity index (χ0v) is 16.9. The summed E-state index contributed by atoms with van der Waals surface area (Å²) in [5.74, 6) is 0.735. The van der Waals surface area contributed by atoms with Crippen LogP contribution < -0.4 is 14.9 Å². The van der Waals surface area contributed by atoms with Crippen LogP contribution in [0, 0.1) is 0 Å². The highest BCUT2D eigenvalue weighted by Gasteiger charge is 2.24. The van der Waals surface area contributed by atoms with Gasteiger partial charge in [0.2, 0.25) is 10.0 Å². The van der Waals surface area contributed by atoms with Crippen LogP contribution in [0.4, 0.5) is 5.82 Å². The molecule has 1 fully saturated rings. The molecule has 4 rings (SSSR count). The Labute approximate surface area is 167 Å². The van der Waals surface area contributed by atoms with E-state index < -0.39 is 10.0 Å². The van der Waals surface area contributed by atoms with Crippen molar-refractivity contribution >= 4 is 48.9 Å². The summed E-state index contributed by atoms with van der Waals surface area (Å²) in [6.45, 7) is 3.51. The number of aromatic nitrogens is 1. The molecule has 27 heavy (non-hydrogen) atoms. The van der Waals surface area contributed by atoms with Crippen molar-refractivity contribution in [1.29, 1.82) is 0 Å². The van der Waals surface area contributed by atoms with Crippen molar-refractivity contribution in [3.8, 4) is 0 Å². The molecule has 1 aromatic carbocycles. The van der Waals surface area contributed by atoms with Crippen molar-refractivity contribution in [3.05, 3.63) is 52.5 Å². The molecule has 0 aliphatic carbocycles. The smallest absolute Gasteiger partial charge is 0.242 e. The number of rotatable bonds is 5. The number of anilines is 1. The van der Waals surface area contributed by atoms with Crippen LogP contribution in [0.2, 0.25) is 5.02 Å². The molecule has 1 aliphatic heterocycles. The molecular weight excluding hydrogens is 404 g/mol. The summed E-state index contributed by atoms with van der Waals surface area (Å²) in [5.41, 5.74) is 0.811. The lowest BCUT2D eigenvalue weighted by atomic mass is 10.2. The third-order valence-electron chi connectivity index (χ3n) is 4.49. The van der Waals surface area contributed by atoms with Crippen LogP contribution in [0.3, 0.4) is 0 Å². The highest BCUT2D eigenvalue weighted by atomic mass is 35.5. The van der Waals surface area contributed by atoms with E-state index in [0.29, 0.717) is 10.4 Å². The average molecular weight is 423 g/mol. The topological polar surface area (TPSA) is 74.3 Å². The van der Waals surface area contributed by atoms with Crippen molar-refractivity contribution in [1.82, 2.24) is 15.0 Å². The number of hydrogen-bond acceptors (Lipinski definition) is 6. The van der Waals surface area contributed by atoms with Gasteiger partial charge < -0.3 is 10.2 Å². The van der Waals surface area contributed by atoms with Crippen molar-refractivity contribution in [2.75, 3.05) is 31.1 Å². The fourth-order valence-corrected chi connectivity index (χ4v) is 5.88. The Bertz CT molecular complexity index is 1060. The van der Waals surface area contributed by atoms with Crippen molar-refractivity contribution in [3.63, 3.8) is 0 Å². The first-order chi connectivity index (χ1) is 13.0. The molecule has 0 radical (unpaired) electrons. The largest absolute Gasteiger partial charge is 0.353 e. The highest BCUT2D eigenvalue weighted by molar-refractivity contribution is 7.89. The van der Waals surface area contributed by atoms with Crippen LogP contribution >= 0.6 is 22.9 Å². The second-order valence-electron chi connectivity index (χ2n) is 6.30. The first-order valence-electron chi connectivity index (χ1n) is 8.60. The molecule has 2 N–H and O–H groups in total. The van der Waals surface area contributed by atoms with Crippen LogP contribution in [0.15, 0.2) is 46.8 Å². The van der Waals surface area contributed by atoms with Gasteiger partial charge in [0, 0.05) is 54.0 Å². The van der Waals surface area contributed by atoms with Crippen molar-refractivity contribution in [2.24, 2.45) is 0 Å². The minimum atomic E-state index is -3.68. The van der Waals surface area contributed by atoms with Crippen LogP contribution in [-0.2, 0) is 16.6 Å². The van der Waals surface area contributed by atoms with E-state index in [2.05, 4.69) is 19.9 Å². The summed E-state index contributed by atoms with van der Waals surface area (Å²) < 4.78 is 29.6. The maximum atomic E-state index is 13.0. The standard InChI is InChI=1S/C18H19ClN4O2S2/c19-14-3-1-2-13(10-14)11-22-27(24,25)16-12-26-15-4-5-21-18(17(15)16)23-8-6-20-7-9-23/h1-5,10,12,20,22H,6-9,11H2. The molecule has 1 saturated heterocycles. The third-order valence-corrected chi connectivity index (χ3v) is 7.25. The van der Waals surface area contributed by atoms with Crippen LogP contribution in [-0.4, -0.2) is 39.6 Å². The molecule has 0 amide bonds. The van der Waals surface area contributed by atoms with E-state index in [0.717, 1.165) is 42.3 Å². The third kappa shape index (κ3) is 3.95. The van der Waals surface area contributed by atoms with Crippen molar-refractivity contribution < 1.29 is 8.42 Å². The lowest BCUT2D eigenvalue weighted by Crippen LogP contribution is -2.44. The predicted molar refractivity (Wildman–Crippen MR) is 110 cm³/mol. The summed E-state index contributed by atoms with van der Waals surface area (Å²) in [6.07, 6.45) is 1.74. The number of piperazine rings is 1. The summed E-state index contributed by atoms with van der Waals surface area (Å²) >= 11 is 7.41. The number of benzene rings is 1. The number of nitrogens with zero attached hydrogens (tertiary/aromatic N) is 2. The van der Waals surface area contributed by atoms with Gasteiger partial charge in [-0.05, 0) is 23.8 Å². The minimum absolute atomic E-state index is 0.184. The van der Waals surface area contributed by atoms with E-state index in [9.17, 15) is 8.42 Å². The summed E-state index contributed by atoms with van der Waals surface area (Å²) in [7, 11) is -3.68. The van der Waals surface area contributed by atoms with Crippen LogP contribution in [0.5, 0.6) is 0 Å². The molecule has 0 atom stereocenters. The monoisotopic (exact) mass is 422 g/mol. The maximum Gasteiger partial charge on any atom is 0.242 e. The average Bonchev–Trinajstić information content (AvgIpc) is 3.12. The Morgan fingerprint density at radius 1 is 1.26 bits per heavy atom. The minimum Gasteiger partial charge on any atom is -0.353 e. The van der Waals surface area contributed by atoms with Crippen molar-refractivity contribution in [2.45, 2.75) is 11.4 Å². The molecule has 142 valence electrons. The van der Waals surface area contributed by atoms with Gasteiger partial charge in [-0.3, -0.25) is 0 Å². The van der Waals surface area contributed by atoms with Crippen LogP contribution in [0.25, 0.3) is 10.1 Å². The SMILES string of the molecule is O=S(=O)(NCc1cccc(Cl)c1)c1csc2ccnc(N3CCNCC3)c12. The summed E-state index contributed by atoms with van der Waals surface area (Å²) in [5, 5.41) is 6.28. The Morgan fingerprint density at radius 3 is 2.85 bits per heavy atom. The number of thiophene rings is 1. The molecule has 6 nitrogen and oxygen atoms in total. The molecule has 3 aromatic rings. The molecule has 3 heterocycles. The Kier molecular flexibility index (Phi) is 5.34. The lowest BCUT2D eigenvalue weighted by Gasteiger charge is -2.29. The fourth-order valence-electron chi connectivity index (χ4n) is 3.16. The Balaban J connectivity index is 1.67. The molecule has 0 bridgehead atoms. The van der Waals surface area contributed by atoms with Gasteiger partial charge in [0.15, 0.2) is 0 Å². The van der Waals surface area contributed by atoms with Gasteiger partial charge in [-0.25, -0.2) is 18.1 Å². The molecule has 0 spiro atoms. The van der Waals surface area contributed by atoms with Gasteiger partial charge in [0.25, 0.3) is 0 Å². The molecule has 0 saturated carbocycles. The van der Waals surface area contributed by atoms with Gasteiger partial charge in [-0.1, -0.05) is 23.7 Å². The number of nitrogens with one attached hydrogen (secondary N) is 2. The van der Waals surface area contributed by atoms with Gasteiger partial charge in [0.1, 0.15) is 10.7 Å². The van der Waals surface area contributed by atoms with Gasteiger partial charge >= 0.3 is 0 Å². The molecule has 2 aromatic heterocycles. The Hall–Kier alpha value is -1.71. The normalized spacial score (nSPS) is 15.4. The lowest BCUT2D eigenvalue weighted by molar-refractivity contribution is 0.581. The number of halogens is 1. The van der Waals surface area contributed by atoms with Gasteiger partial charge in [0.05, 0.1) is 5.39 Å². The van der Waals surface area contributed by atoms with E-state index in [1.807, 2.05) is 12.1 Å². The maximum absolute atomic E-state index is 13.0. The summed E-state index contributed by atoms with van der Waals surface area (Å²) in [6, 6.07) is 9.02. The molecule has 9 heteroatoms. The first-order valence-corrected chi connectivity index (χ1v) is 11.3. The van der Waals surface area contributed by atoms with E-state index in [1.165, 1.54) is 11.3 Å². The van der Waals surface area contributed by atoms with Gasteiger partial charge in [-0.2, -0.15) is 0 Å². The number of sulfonamides is 1. The zero-order chi connectivity index (χ0) is 18.9.